The summed E-state index contributed by atoms with van der Waals surface area (Å²) in [6, 6.07) is -0.904. The fourth-order valence-corrected chi connectivity index (χ4v) is 3.39. The van der Waals surface area contributed by atoms with E-state index in [0.717, 1.165) is 19.3 Å². The smallest absolute Gasteiger partial charge is 0.327 e. The fourth-order valence-electron chi connectivity index (χ4n) is 3.39. The molecule has 2 aliphatic rings. The van der Waals surface area contributed by atoms with Gasteiger partial charge in [0, 0.05) is 19.6 Å². The molecule has 2 atom stereocenters. The maximum absolute atomic E-state index is 12.8. The molecule has 0 bridgehead atoms. The van der Waals surface area contributed by atoms with Gasteiger partial charge < -0.3 is 19.6 Å². The van der Waals surface area contributed by atoms with E-state index in [0.29, 0.717) is 26.2 Å². The van der Waals surface area contributed by atoms with Crippen LogP contribution in [0.1, 0.15) is 40.0 Å². The van der Waals surface area contributed by atoms with E-state index in [1.807, 2.05) is 20.8 Å². The maximum Gasteiger partial charge on any atom is 0.327 e. The van der Waals surface area contributed by atoms with Crippen molar-refractivity contribution in [3.8, 4) is 0 Å². The van der Waals surface area contributed by atoms with Crippen LogP contribution in [0, 0.1) is 5.41 Å². The van der Waals surface area contributed by atoms with Gasteiger partial charge in [-0.3, -0.25) is 0 Å². The first-order chi connectivity index (χ1) is 9.86. The molecular weight excluding hydrogens is 272 g/mol. The lowest BCUT2D eigenvalue weighted by Crippen LogP contribution is -2.61. The van der Waals surface area contributed by atoms with E-state index in [9.17, 15) is 14.7 Å². The predicted octanol–water partition coefficient (Wildman–Crippen LogP) is 1.79. The van der Waals surface area contributed by atoms with Gasteiger partial charge in [0.15, 0.2) is 0 Å². The molecule has 120 valence electrons. The Balaban J connectivity index is 2.14. The molecule has 0 radical (unpaired) electrons. The fraction of sp³-hybridized carbons (Fsp3) is 0.867. The Morgan fingerprint density at radius 2 is 2.05 bits per heavy atom. The molecule has 0 aromatic carbocycles. The quantitative estimate of drug-likeness (QED) is 0.844. The average Bonchev–Trinajstić information content (AvgIpc) is 2.44. The van der Waals surface area contributed by atoms with Crippen molar-refractivity contribution < 1.29 is 19.4 Å². The third-order valence-electron chi connectivity index (χ3n) is 4.62. The van der Waals surface area contributed by atoms with Crippen molar-refractivity contribution in [1.29, 1.82) is 0 Å². The Kier molecular flexibility index (Phi) is 4.76. The number of likely N-dealkylation sites (tertiary alicyclic amines) is 1. The third-order valence-corrected chi connectivity index (χ3v) is 4.62. The summed E-state index contributed by atoms with van der Waals surface area (Å²) in [5.74, 6) is -0.909. The van der Waals surface area contributed by atoms with E-state index in [1.165, 1.54) is 0 Å². The monoisotopic (exact) mass is 298 g/mol. The first-order valence-electron chi connectivity index (χ1n) is 7.76. The third kappa shape index (κ3) is 3.31. The Morgan fingerprint density at radius 1 is 1.33 bits per heavy atom. The number of carboxylic acid groups (broad SMARTS) is 1. The number of nitrogens with zero attached hydrogens (tertiary/aromatic N) is 2. The van der Waals surface area contributed by atoms with Gasteiger partial charge in [-0.1, -0.05) is 20.8 Å². The standard InChI is InChI=1S/C15H26N2O4/c1-4-11-10-16(8-9-21-11)14(20)17-7-5-6-15(2,3)12(17)13(18)19/h11-12H,4-10H2,1-3H3,(H,18,19). The van der Waals surface area contributed by atoms with Crippen LogP contribution < -0.4 is 0 Å². The molecule has 0 spiro atoms. The molecule has 2 amide bonds. The zero-order chi connectivity index (χ0) is 15.6. The summed E-state index contributed by atoms with van der Waals surface area (Å²) in [7, 11) is 0. The molecule has 2 fully saturated rings. The van der Waals surface area contributed by atoms with Crippen LogP contribution in [0.2, 0.25) is 0 Å². The molecule has 2 saturated heterocycles. The van der Waals surface area contributed by atoms with Gasteiger partial charge in [-0.2, -0.15) is 0 Å². The highest BCUT2D eigenvalue weighted by Gasteiger charge is 2.45. The van der Waals surface area contributed by atoms with Gasteiger partial charge in [0.2, 0.25) is 0 Å². The average molecular weight is 298 g/mol. The molecule has 2 unspecified atom stereocenters. The minimum Gasteiger partial charge on any atom is -0.480 e. The summed E-state index contributed by atoms with van der Waals surface area (Å²) in [6.45, 7) is 8.03. The van der Waals surface area contributed by atoms with Gasteiger partial charge >= 0.3 is 12.0 Å². The summed E-state index contributed by atoms with van der Waals surface area (Å²) < 4.78 is 5.58. The second-order valence-electron chi connectivity index (χ2n) is 6.66. The maximum atomic E-state index is 12.8. The molecule has 0 saturated carbocycles. The van der Waals surface area contributed by atoms with Gasteiger partial charge in [0.1, 0.15) is 6.04 Å². The molecule has 0 aromatic heterocycles. The Labute approximate surface area is 126 Å². The van der Waals surface area contributed by atoms with Crippen molar-refractivity contribution in [3.05, 3.63) is 0 Å². The van der Waals surface area contributed by atoms with Crippen molar-refractivity contribution in [3.63, 3.8) is 0 Å². The van der Waals surface area contributed by atoms with E-state index >= 15 is 0 Å². The SMILES string of the molecule is CCC1CN(C(=O)N2CCCC(C)(C)C2C(=O)O)CCO1. The molecule has 1 N–H and O–H groups in total. The molecule has 2 heterocycles. The molecule has 0 aliphatic carbocycles. The highest BCUT2D eigenvalue weighted by atomic mass is 16.5. The topological polar surface area (TPSA) is 70.1 Å². The number of hydrogen-bond acceptors (Lipinski definition) is 3. The molecule has 6 heteroatoms. The summed E-state index contributed by atoms with van der Waals surface area (Å²) >= 11 is 0. The zero-order valence-electron chi connectivity index (χ0n) is 13.2. The first kappa shape index (κ1) is 16.1. The van der Waals surface area contributed by atoms with E-state index < -0.39 is 17.4 Å². The number of carboxylic acids is 1. The lowest BCUT2D eigenvalue weighted by atomic mass is 9.76. The van der Waals surface area contributed by atoms with Crippen LogP contribution in [0.5, 0.6) is 0 Å². The molecule has 6 nitrogen and oxygen atoms in total. The second kappa shape index (κ2) is 6.22. The van der Waals surface area contributed by atoms with E-state index in [4.69, 9.17) is 4.74 Å². The van der Waals surface area contributed by atoms with Crippen LogP contribution in [0.15, 0.2) is 0 Å². The minimum atomic E-state index is -0.909. The summed E-state index contributed by atoms with van der Waals surface area (Å²) in [4.78, 5) is 27.7. The van der Waals surface area contributed by atoms with Crippen molar-refractivity contribution in [1.82, 2.24) is 9.80 Å². The Bertz CT molecular complexity index is 410. The molecule has 2 rings (SSSR count). The first-order valence-corrected chi connectivity index (χ1v) is 7.76. The highest BCUT2D eigenvalue weighted by molar-refractivity contribution is 5.83. The van der Waals surface area contributed by atoms with Gasteiger partial charge in [-0.15, -0.1) is 0 Å². The molecular formula is C15H26N2O4. The lowest BCUT2D eigenvalue weighted by molar-refractivity contribution is -0.149. The van der Waals surface area contributed by atoms with Crippen molar-refractivity contribution in [2.75, 3.05) is 26.2 Å². The van der Waals surface area contributed by atoms with Crippen LogP contribution in [-0.4, -0.2) is 65.3 Å². The number of carbonyl (C=O) groups is 2. The number of piperidine rings is 1. The number of rotatable bonds is 2. The van der Waals surface area contributed by atoms with Crippen LogP contribution in [0.3, 0.4) is 0 Å². The number of morpholine rings is 1. The normalized spacial score (nSPS) is 29.3. The largest absolute Gasteiger partial charge is 0.480 e. The number of aliphatic carboxylic acids is 1. The molecule has 21 heavy (non-hydrogen) atoms. The van der Waals surface area contributed by atoms with Crippen LogP contribution in [0.25, 0.3) is 0 Å². The van der Waals surface area contributed by atoms with Gasteiger partial charge in [0.25, 0.3) is 0 Å². The predicted molar refractivity (Wildman–Crippen MR) is 78.1 cm³/mol. The number of hydrogen-bond donors (Lipinski definition) is 1. The number of amides is 2. The van der Waals surface area contributed by atoms with Crippen LogP contribution in [0.4, 0.5) is 4.79 Å². The molecule has 0 aromatic rings. The lowest BCUT2D eigenvalue weighted by Gasteiger charge is -2.46. The molecule has 2 aliphatic heterocycles. The van der Waals surface area contributed by atoms with Crippen LogP contribution >= 0.6 is 0 Å². The van der Waals surface area contributed by atoms with E-state index in [2.05, 4.69) is 0 Å². The summed E-state index contributed by atoms with van der Waals surface area (Å²) in [6.07, 6.45) is 2.60. The zero-order valence-corrected chi connectivity index (χ0v) is 13.2. The van der Waals surface area contributed by atoms with E-state index in [-0.39, 0.29) is 12.1 Å². The van der Waals surface area contributed by atoms with Crippen molar-refractivity contribution in [2.45, 2.75) is 52.2 Å². The summed E-state index contributed by atoms with van der Waals surface area (Å²) in [5, 5.41) is 9.55. The van der Waals surface area contributed by atoms with Gasteiger partial charge in [0.05, 0.1) is 12.7 Å². The minimum absolute atomic E-state index is 0.0591. The second-order valence-corrected chi connectivity index (χ2v) is 6.66. The summed E-state index contributed by atoms with van der Waals surface area (Å²) in [5.41, 5.74) is -0.393. The van der Waals surface area contributed by atoms with Gasteiger partial charge in [-0.05, 0) is 24.7 Å². The number of urea groups is 1. The Morgan fingerprint density at radius 3 is 2.67 bits per heavy atom. The number of carbonyl (C=O) groups excluding carboxylic acids is 1. The van der Waals surface area contributed by atoms with Crippen molar-refractivity contribution >= 4 is 12.0 Å². The van der Waals surface area contributed by atoms with E-state index in [1.54, 1.807) is 9.80 Å². The number of ether oxygens (including phenoxy) is 1. The van der Waals surface area contributed by atoms with Gasteiger partial charge in [-0.25, -0.2) is 9.59 Å². The van der Waals surface area contributed by atoms with Crippen molar-refractivity contribution in [2.24, 2.45) is 5.41 Å². The van der Waals surface area contributed by atoms with Crippen LogP contribution in [-0.2, 0) is 9.53 Å². The highest BCUT2D eigenvalue weighted by Crippen LogP contribution is 2.36. The Hall–Kier alpha value is -1.30.